The monoisotopic (exact) mass is 615 g/mol. The molecule has 0 saturated carbocycles. The Hall–Kier alpha value is -4.21. The first-order valence-corrected chi connectivity index (χ1v) is 15.7. The quantitative estimate of drug-likeness (QED) is 0.363. The first kappa shape index (κ1) is 33.7. The molecule has 1 aliphatic heterocycles. The van der Waals surface area contributed by atoms with E-state index >= 15 is 0 Å². The minimum Gasteiger partial charge on any atom is -0.490 e. The normalized spacial score (nSPS) is 20.2. The summed E-state index contributed by atoms with van der Waals surface area (Å²) in [4.78, 5) is 43.7. The summed E-state index contributed by atoms with van der Waals surface area (Å²) < 4.78 is 12.7. The van der Waals surface area contributed by atoms with E-state index in [2.05, 4.69) is 5.32 Å². The number of likely N-dealkylation sites (N-methyl/N-ethyl adjacent to an activating group) is 1. The van der Waals surface area contributed by atoms with E-state index in [1.54, 1.807) is 78.4 Å². The number of fused-ring (bicyclic) bond motifs is 1. The summed E-state index contributed by atoms with van der Waals surface area (Å²) in [6, 6.07) is 22.6. The summed E-state index contributed by atoms with van der Waals surface area (Å²) in [6.07, 6.45) is 1.92. The maximum Gasteiger partial charge on any atom is 0.258 e. The summed E-state index contributed by atoms with van der Waals surface area (Å²) in [5.74, 6) is -0.479. The van der Waals surface area contributed by atoms with Gasteiger partial charge in [-0.1, -0.05) is 43.3 Å². The van der Waals surface area contributed by atoms with E-state index in [0.29, 0.717) is 41.3 Å². The molecule has 3 aromatic rings. The van der Waals surface area contributed by atoms with Gasteiger partial charge in [-0.15, -0.1) is 0 Å². The number of hydrogen-bond donors (Lipinski definition) is 2. The van der Waals surface area contributed by atoms with Gasteiger partial charge in [0.05, 0.1) is 30.4 Å². The number of aliphatic hydroxyl groups excluding tert-OH is 1. The van der Waals surface area contributed by atoms with Gasteiger partial charge in [-0.25, -0.2) is 0 Å². The Kier molecular flexibility index (Phi) is 12.1. The van der Waals surface area contributed by atoms with E-state index in [4.69, 9.17) is 9.47 Å². The Morgan fingerprint density at radius 2 is 1.67 bits per heavy atom. The molecule has 0 saturated heterocycles. The highest BCUT2D eigenvalue weighted by molar-refractivity contribution is 6.05. The zero-order chi connectivity index (χ0) is 32.3. The van der Waals surface area contributed by atoms with Gasteiger partial charge in [0.15, 0.2) is 0 Å². The molecule has 4 rings (SSSR count). The number of rotatable bonds is 7. The van der Waals surface area contributed by atoms with Gasteiger partial charge in [0, 0.05) is 49.5 Å². The molecule has 45 heavy (non-hydrogen) atoms. The third-order valence-electron chi connectivity index (χ3n) is 8.17. The van der Waals surface area contributed by atoms with Crippen molar-refractivity contribution in [2.45, 2.75) is 58.3 Å². The average molecular weight is 616 g/mol. The molecule has 4 atom stereocenters. The second-order valence-electron chi connectivity index (χ2n) is 11.9. The molecule has 1 aliphatic rings. The number of hydrogen-bond acceptors (Lipinski definition) is 6. The predicted molar refractivity (Wildman–Crippen MR) is 175 cm³/mol. The van der Waals surface area contributed by atoms with Crippen molar-refractivity contribution in [3.8, 4) is 5.75 Å². The van der Waals surface area contributed by atoms with Gasteiger partial charge in [0.2, 0.25) is 0 Å². The number of amides is 3. The molecular weight excluding hydrogens is 570 g/mol. The van der Waals surface area contributed by atoms with Crippen LogP contribution < -0.4 is 10.1 Å². The lowest BCUT2D eigenvalue weighted by atomic mass is 10.0. The van der Waals surface area contributed by atoms with Gasteiger partial charge in [-0.3, -0.25) is 14.4 Å². The van der Waals surface area contributed by atoms with Crippen LogP contribution in [0.2, 0.25) is 0 Å². The molecule has 3 amide bonds. The van der Waals surface area contributed by atoms with Crippen molar-refractivity contribution in [3.05, 3.63) is 95.6 Å². The van der Waals surface area contributed by atoms with Crippen molar-refractivity contribution in [2.75, 3.05) is 38.7 Å². The van der Waals surface area contributed by atoms with Crippen molar-refractivity contribution in [2.24, 2.45) is 5.92 Å². The first-order chi connectivity index (χ1) is 21.7. The van der Waals surface area contributed by atoms with E-state index < -0.39 is 6.04 Å². The molecule has 2 N–H and O–H groups in total. The Bertz CT molecular complexity index is 1420. The summed E-state index contributed by atoms with van der Waals surface area (Å²) in [7, 11) is 1.76. The van der Waals surface area contributed by atoms with Crippen molar-refractivity contribution in [1.82, 2.24) is 9.80 Å². The highest BCUT2D eigenvalue weighted by Gasteiger charge is 2.31. The number of carbonyl (C=O) groups is 3. The minimum absolute atomic E-state index is 0.104. The highest BCUT2D eigenvalue weighted by Crippen LogP contribution is 2.29. The van der Waals surface area contributed by atoms with Crippen LogP contribution in [-0.2, 0) is 4.74 Å². The molecule has 9 heteroatoms. The fourth-order valence-electron chi connectivity index (χ4n) is 5.41. The third kappa shape index (κ3) is 9.15. The van der Waals surface area contributed by atoms with Gasteiger partial charge >= 0.3 is 0 Å². The molecule has 1 heterocycles. The van der Waals surface area contributed by atoms with Crippen LogP contribution >= 0.6 is 0 Å². The molecule has 9 nitrogen and oxygen atoms in total. The standard InChI is InChI=1S/C36H45N3O6/c1-25-22-39(26(2)24-40)36(43)31-21-30(37-34(41)28-14-7-5-8-15-28)18-19-32(31)45-27(3)13-11-12-20-44-33(25)23-38(4)35(42)29-16-9-6-10-17-29/h5-10,14-19,21,25-27,33,40H,11-13,20,22-24H2,1-4H3,(H,37,41)/t25-,26+,27+,33+/m1/s1. The first-order valence-electron chi connectivity index (χ1n) is 15.7. The van der Waals surface area contributed by atoms with Gasteiger partial charge in [0.25, 0.3) is 17.7 Å². The Labute approximate surface area is 266 Å². The molecule has 3 aromatic carbocycles. The number of nitrogens with zero attached hydrogens (tertiary/aromatic N) is 2. The van der Waals surface area contributed by atoms with Gasteiger partial charge in [-0.2, -0.15) is 0 Å². The zero-order valence-electron chi connectivity index (χ0n) is 26.6. The molecule has 240 valence electrons. The third-order valence-corrected chi connectivity index (χ3v) is 8.17. The lowest BCUT2D eigenvalue weighted by molar-refractivity contribution is -0.0149. The molecule has 0 spiro atoms. The lowest BCUT2D eigenvalue weighted by Crippen LogP contribution is -2.48. The second-order valence-corrected chi connectivity index (χ2v) is 11.9. The van der Waals surface area contributed by atoms with Crippen LogP contribution in [0, 0.1) is 5.92 Å². The molecule has 0 bridgehead atoms. The molecular formula is C36H45N3O6. The van der Waals surface area contributed by atoms with Crippen LogP contribution in [0.3, 0.4) is 0 Å². The van der Waals surface area contributed by atoms with Crippen LogP contribution in [0.4, 0.5) is 5.69 Å². The van der Waals surface area contributed by atoms with E-state index in [0.717, 1.165) is 19.3 Å². The zero-order valence-corrected chi connectivity index (χ0v) is 26.6. The summed E-state index contributed by atoms with van der Waals surface area (Å²) in [6.45, 7) is 6.64. The van der Waals surface area contributed by atoms with Gasteiger partial charge in [-0.05, 0) is 75.6 Å². The Morgan fingerprint density at radius 1 is 1.00 bits per heavy atom. The molecule has 0 radical (unpaired) electrons. The molecule has 0 aromatic heterocycles. The van der Waals surface area contributed by atoms with Gasteiger partial charge < -0.3 is 29.7 Å². The topological polar surface area (TPSA) is 108 Å². The number of ether oxygens (including phenoxy) is 2. The SMILES string of the molecule is C[C@@H]1CN([C@@H](C)CO)C(=O)c2cc(NC(=O)c3ccccc3)ccc2O[C@@H](C)CCCCO[C@H]1CN(C)C(=O)c1ccccc1. The summed E-state index contributed by atoms with van der Waals surface area (Å²) in [5, 5.41) is 13.1. The van der Waals surface area contributed by atoms with Crippen molar-refractivity contribution < 1.29 is 29.0 Å². The van der Waals surface area contributed by atoms with Crippen LogP contribution in [-0.4, -0.2) is 84.2 Å². The molecule has 0 aliphatic carbocycles. The van der Waals surface area contributed by atoms with E-state index in [9.17, 15) is 19.5 Å². The molecule has 0 unspecified atom stereocenters. The summed E-state index contributed by atoms with van der Waals surface area (Å²) in [5.41, 5.74) is 1.85. The second kappa shape index (κ2) is 16.2. The molecule has 0 fully saturated rings. The number of anilines is 1. The lowest BCUT2D eigenvalue weighted by Gasteiger charge is -2.36. The van der Waals surface area contributed by atoms with Crippen LogP contribution in [0.15, 0.2) is 78.9 Å². The van der Waals surface area contributed by atoms with Gasteiger partial charge in [0.1, 0.15) is 5.75 Å². The van der Waals surface area contributed by atoms with E-state index in [1.165, 1.54) is 0 Å². The van der Waals surface area contributed by atoms with Crippen molar-refractivity contribution in [3.63, 3.8) is 0 Å². The highest BCUT2D eigenvalue weighted by atomic mass is 16.5. The van der Waals surface area contributed by atoms with Crippen LogP contribution in [0.5, 0.6) is 5.75 Å². The van der Waals surface area contributed by atoms with E-state index in [-0.39, 0.29) is 49.0 Å². The fraction of sp³-hybridized carbons (Fsp3) is 0.417. The summed E-state index contributed by atoms with van der Waals surface area (Å²) >= 11 is 0. The largest absolute Gasteiger partial charge is 0.490 e. The predicted octanol–water partition coefficient (Wildman–Crippen LogP) is 5.51. The number of nitrogens with one attached hydrogen (secondary N) is 1. The van der Waals surface area contributed by atoms with Crippen LogP contribution in [0.25, 0.3) is 0 Å². The maximum absolute atomic E-state index is 14.3. The van der Waals surface area contributed by atoms with Crippen molar-refractivity contribution >= 4 is 23.4 Å². The van der Waals surface area contributed by atoms with Crippen LogP contribution in [0.1, 0.15) is 71.1 Å². The fourth-order valence-corrected chi connectivity index (χ4v) is 5.41. The average Bonchev–Trinajstić information content (AvgIpc) is 3.06. The maximum atomic E-state index is 14.3. The number of aliphatic hydroxyl groups is 1. The Balaban J connectivity index is 1.63. The van der Waals surface area contributed by atoms with Crippen molar-refractivity contribution in [1.29, 1.82) is 0 Å². The minimum atomic E-state index is -0.509. The number of carbonyl (C=O) groups excluding carboxylic acids is 3. The smallest absolute Gasteiger partial charge is 0.258 e. The Morgan fingerprint density at radius 3 is 2.33 bits per heavy atom. The number of benzene rings is 3. The van der Waals surface area contributed by atoms with E-state index in [1.807, 2.05) is 38.1 Å².